The SMILES string of the molecule is CCCOCC(NC)C1=CCCCO1. The Morgan fingerprint density at radius 3 is 3.07 bits per heavy atom. The van der Waals surface area contributed by atoms with E-state index in [2.05, 4.69) is 18.3 Å². The summed E-state index contributed by atoms with van der Waals surface area (Å²) in [5.41, 5.74) is 0. The summed E-state index contributed by atoms with van der Waals surface area (Å²) in [7, 11) is 1.94. The van der Waals surface area contributed by atoms with Crippen LogP contribution in [-0.2, 0) is 9.47 Å². The molecular weight excluding hydrogens is 178 g/mol. The summed E-state index contributed by atoms with van der Waals surface area (Å²) >= 11 is 0. The molecule has 1 atom stereocenters. The predicted molar refractivity (Wildman–Crippen MR) is 57.2 cm³/mol. The molecule has 0 fully saturated rings. The van der Waals surface area contributed by atoms with Gasteiger partial charge in [-0.3, -0.25) is 0 Å². The molecule has 0 saturated carbocycles. The highest BCUT2D eigenvalue weighted by molar-refractivity contribution is 5.05. The van der Waals surface area contributed by atoms with Crippen molar-refractivity contribution in [2.24, 2.45) is 0 Å². The third kappa shape index (κ3) is 3.68. The Morgan fingerprint density at radius 1 is 1.64 bits per heavy atom. The summed E-state index contributed by atoms with van der Waals surface area (Å²) in [4.78, 5) is 0. The maximum absolute atomic E-state index is 5.58. The molecule has 1 aliphatic heterocycles. The Kier molecular flexibility index (Phi) is 5.64. The van der Waals surface area contributed by atoms with Crippen molar-refractivity contribution in [3.63, 3.8) is 0 Å². The van der Waals surface area contributed by atoms with Crippen molar-refractivity contribution >= 4 is 0 Å². The molecule has 1 N–H and O–H groups in total. The van der Waals surface area contributed by atoms with Gasteiger partial charge in [0.15, 0.2) is 0 Å². The molecule has 0 bridgehead atoms. The summed E-state index contributed by atoms with van der Waals surface area (Å²) in [6.45, 7) is 4.49. The highest BCUT2D eigenvalue weighted by Gasteiger charge is 2.15. The van der Waals surface area contributed by atoms with E-state index in [0.717, 1.165) is 38.2 Å². The van der Waals surface area contributed by atoms with Crippen LogP contribution in [0, 0.1) is 0 Å². The van der Waals surface area contributed by atoms with Gasteiger partial charge in [0.2, 0.25) is 0 Å². The average Bonchev–Trinajstić information content (AvgIpc) is 2.26. The molecule has 1 aliphatic rings. The fourth-order valence-corrected chi connectivity index (χ4v) is 1.47. The van der Waals surface area contributed by atoms with E-state index in [0.29, 0.717) is 6.61 Å². The first kappa shape index (κ1) is 11.5. The molecule has 3 nitrogen and oxygen atoms in total. The number of nitrogens with one attached hydrogen (secondary N) is 1. The van der Waals surface area contributed by atoms with Crippen LogP contribution in [0.3, 0.4) is 0 Å². The smallest absolute Gasteiger partial charge is 0.111 e. The van der Waals surface area contributed by atoms with Gasteiger partial charge in [0, 0.05) is 6.61 Å². The van der Waals surface area contributed by atoms with Gasteiger partial charge in [0.05, 0.1) is 19.3 Å². The normalized spacial score (nSPS) is 18.6. The van der Waals surface area contributed by atoms with Crippen LogP contribution < -0.4 is 5.32 Å². The number of hydrogen-bond acceptors (Lipinski definition) is 3. The van der Waals surface area contributed by atoms with Crippen LogP contribution in [0.1, 0.15) is 26.2 Å². The topological polar surface area (TPSA) is 30.5 Å². The van der Waals surface area contributed by atoms with Crippen molar-refractivity contribution in [2.45, 2.75) is 32.2 Å². The molecule has 0 amide bonds. The number of allylic oxidation sites excluding steroid dienone is 1. The largest absolute Gasteiger partial charge is 0.497 e. The molecule has 0 spiro atoms. The summed E-state index contributed by atoms with van der Waals surface area (Å²) in [6, 6.07) is 0.224. The van der Waals surface area contributed by atoms with Crippen molar-refractivity contribution in [3.05, 3.63) is 11.8 Å². The monoisotopic (exact) mass is 199 g/mol. The number of rotatable bonds is 6. The molecule has 1 heterocycles. The minimum absolute atomic E-state index is 0.224. The summed E-state index contributed by atoms with van der Waals surface area (Å²) < 4.78 is 11.1. The molecule has 14 heavy (non-hydrogen) atoms. The Morgan fingerprint density at radius 2 is 2.50 bits per heavy atom. The molecular formula is C11H21NO2. The molecule has 0 radical (unpaired) electrons. The van der Waals surface area contributed by atoms with E-state index in [1.807, 2.05) is 7.05 Å². The third-order valence-corrected chi connectivity index (χ3v) is 2.29. The quantitative estimate of drug-likeness (QED) is 0.660. The minimum Gasteiger partial charge on any atom is -0.497 e. The van der Waals surface area contributed by atoms with Gasteiger partial charge in [-0.05, 0) is 32.4 Å². The molecule has 82 valence electrons. The second-order valence-corrected chi connectivity index (χ2v) is 3.51. The standard InChI is InChI=1S/C11H21NO2/c1-3-7-13-9-10(12-2)11-6-4-5-8-14-11/h6,10,12H,3-5,7-9H2,1-2H3. The molecule has 0 aliphatic carbocycles. The minimum atomic E-state index is 0.224. The number of likely N-dealkylation sites (N-methyl/N-ethyl adjacent to an activating group) is 1. The van der Waals surface area contributed by atoms with Crippen LogP contribution in [0.2, 0.25) is 0 Å². The van der Waals surface area contributed by atoms with Crippen LogP contribution in [-0.4, -0.2) is 32.9 Å². The Labute approximate surface area is 86.5 Å². The predicted octanol–water partition coefficient (Wildman–Crippen LogP) is 1.70. The van der Waals surface area contributed by atoms with E-state index in [1.54, 1.807) is 0 Å². The Bertz CT molecular complexity index is 180. The van der Waals surface area contributed by atoms with Crippen molar-refractivity contribution in [1.29, 1.82) is 0 Å². The van der Waals surface area contributed by atoms with Crippen molar-refractivity contribution in [2.75, 3.05) is 26.9 Å². The second kappa shape index (κ2) is 6.85. The summed E-state index contributed by atoms with van der Waals surface area (Å²) in [5, 5.41) is 3.21. The van der Waals surface area contributed by atoms with E-state index in [9.17, 15) is 0 Å². The maximum Gasteiger partial charge on any atom is 0.111 e. The first-order valence-corrected chi connectivity index (χ1v) is 5.46. The fourth-order valence-electron chi connectivity index (χ4n) is 1.47. The van der Waals surface area contributed by atoms with E-state index in [1.165, 1.54) is 0 Å². The van der Waals surface area contributed by atoms with Crippen LogP contribution in [0.5, 0.6) is 0 Å². The zero-order valence-electron chi connectivity index (χ0n) is 9.21. The molecule has 0 aromatic carbocycles. The summed E-state index contributed by atoms with van der Waals surface area (Å²) in [5.74, 6) is 1.05. The molecule has 0 aromatic heterocycles. The first-order valence-electron chi connectivity index (χ1n) is 5.46. The van der Waals surface area contributed by atoms with Gasteiger partial charge in [0.1, 0.15) is 5.76 Å². The van der Waals surface area contributed by atoms with Crippen molar-refractivity contribution in [1.82, 2.24) is 5.32 Å². The lowest BCUT2D eigenvalue weighted by molar-refractivity contribution is 0.0906. The average molecular weight is 199 g/mol. The summed E-state index contributed by atoms with van der Waals surface area (Å²) in [6.07, 6.45) is 5.49. The first-order chi connectivity index (χ1) is 6.88. The molecule has 1 unspecified atom stereocenters. The van der Waals surface area contributed by atoms with Gasteiger partial charge < -0.3 is 14.8 Å². The van der Waals surface area contributed by atoms with Gasteiger partial charge in [-0.1, -0.05) is 6.92 Å². The van der Waals surface area contributed by atoms with Gasteiger partial charge >= 0.3 is 0 Å². The van der Waals surface area contributed by atoms with E-state index in [4.69, 9.17) is 9.47 Å². The van der Waals surface area contributed by atoms with Gasteiger partial charge in [-0.25, -0.2) is 0 Å². The molecule has 0 saturated heterocycles. The fraction of sp³-hybridized carbons (Fsp3) is 0.818. The molecule has 1 rings (SSSR count). The zero-order valence-corrected chi connectivity index (χ0v) is 9.21. The van der Waals surface area contributed by atoms with Crippen molar-refractivity contribution in [3.8, 4) is 0 Å². The third-order valence-electron chi connectivity index (χ3n) is 2.29. The lowest BCUT2D eigenvalue weighted by Gasteiger charge is -2.23. The Hall–Kier alpha value is -0.540. The van der Waals surface area contributed by atoms with Crippen LogP contribution in [0.25, 0.3) is 0 Å². The zero-order chi connectivity index (χ0) is 10.2. The highest BCUT2D eigenvalue weighted by Crippen LogP contribution is 2.13. The van der Waals surface area contributed by atoms with Crippen molar-refractivity contribution < 1.29 is 9.47 Å². The molecule has 3 heteroatoms. The van der Waals surface area contributed by atoms with Crippen LogP contribution in [0.15, 0.2) is 11.8 Å². The van der Waals surface area contributed by atoms with E-state index >= 15 is 0 Å². The van der Waals surface area contributed by atoms with Crippen LogP contribution in [0.4, 0.5) is 0 Å². The lowest BCUT2D eigenvalue weighted by Crippen LogP contribution is -2.34. The number of ether oxygens (including phenoxy) is 2. The van der Waals surface area contributed by atoms with E-state index < -0.39 is 0 Å². The lowest BCUT2D eigenvalue weighted by atomic mass is 10.1. The molecule has 0 aromatic rings. The van der Waals surface area contributed by atoms with Gasteiger partial charge in [-0.15, -0.1) is 0 Å². The maximum atomic E-state index is 5.58. The van der Waals surface area contributed by atoms with E-state index in [-0.39, 0.29) is 6.04 Å². The highest BCUT2D eigenvalue weighted by atomic mass is 16.5. The van der Waals surface area contributed by atoms with Gasteiger partial charge in [-0.2, -0.15) is 0 Å². The Balaban J connectivity index is 2.32. The van der Waals surface area contributed by atoms with Gasteiger partial charge in [0.25, 0.3) is 0 Å². The number of hydrogen-bond donors (Lipinski definition) is 1. The second-order valence-electron chi connectivity index (χ2n) is 3.51. The van der Waals surface area contributed by atoms with Crippen LogP contribution >= 0.6 is 0 Å².